The summed E-state index contributed by atoms with van der Waals surface area (Å²) in [5.41, 5.74) is 0.870. The summed E-state index contributed by atoms with van der Waals surface area (Å²) in [7, 11) is 1.94. The van der Waals surface area contributed by atoms with Crippen LogP contribution in [0.5, 0.6) is 0 Å². The van der Waals surface area contributed by atoms with Crippen LogP contribution in [0.1, 0.15) is 12.5 Å². The first-order chi connectivity index (χ1) is 7.04. The van der Waals surface area contributed by atoms with E-state index in [1.54, 1.807) is 6.07 Å². The van der Waals surface area contributed by atoms with Crippen LogP contribution in [0, 0.1) is 10.1 Å². The third-order valence-corrected chi connectivity index (χ3v) is 2.59. The van der Waals surface area contributed by atoms with Crippen molar-refractivity contribution in [2.75, 3.05) is 13.6 Å². The fraction of sp³-hybridized carbons (Fsp3) is 0.400. The van der Waals surface area contributed by atoms with E-state index in [-0.39, 0.29) is 5.69 Å². The second kappa shape index (κ2) is 5.09. The van der Waals surface area contributed by atoms with E-state index in [0.717, 1.165) is 12.1 Å². The molecule has 15 heavy (non-hydrogen) atoms. The Morgan fingerprint density at radius 2 is 2.20 bits per heavy atom. The Bertz CT molecular complexity index is 368. The molecule has 0 atom stereocenters. The van der Waals surface area contributed by atoms with Crippen LogP contribution in [0.4, 0.5) is 5.69 Å². The standard InChI is InChI=1S/C10H13ClN2O2/c1-3-12(2)7-8-6-9(13(14)15)4-5-10(8)11/h4-6H,3,7H2,1-2H3. The van der Waals surface area contributed by atoms with Gasteiger partial charge in [0.2, 0.25) is 0 Å². The summed E-state index contributed by atoms with van der Waals surface area (Å²) in [4.78, 5) is 12.2. The summed E-state index contributed by atoms with van der Waals surface area (Å²) in [5, 5.41) is 11.1. The molecule has 0 unspecified atom stereocenters. The molecule has 1 rings (SSSR count). The molecule has 0 aliphatic heterocycles. The molecule has 0 radical (unpaired) electrons. The molecule has 1 aromatic rings. The first-order valence-electron chi connectivity index (χ1n) is 4.66. The fourth-order valence-electron chi connectivity index (χ4n) is 1.20. The van der Waals surface area contributed by atoms with Crippen molar-refractivity contribution in [3.8, 4) is 0 Å². The van der Waals surface area contributed by atoms with Gasteiger partial charge in [0.25, 0.3) is 5.69 Å². The largest absolute Gasteiger partial charge is 0.302 e. The maximum absolute atomic E-state index is 10.6. The maximum atomic E-state index is 10.6. The summed E-state index contributed by atoms with van der Waals surface area (Å²) in [6.07, 6.45) is 0. The number of rotatable bonds is 4. The third-order valence-electron chi connectivity index (χ3n) is 2.22. The molecule has 82 valence electrons. The molecule has 0 spiro atoms. The summed E-state index contributed by atoms with van der Waals surface area (Å²) in [5.74, 6) is 0. The molecular weight excluding hydrogens is 216 g/mol. The van der Waals surface area contributed by atoms with Gasteiger partial charge in [-0.05, 0) is 25.2 Å². The van der Waals surface area contributed by atoms with Crippen LogP contribution in [0.15, 0.2) is 18.2 Å². The Kier molecular flexibility index (Phi) is 4.05. The van der Waals surface area contributed by atoms with Crippen LogP contribution >= 0.6 is 11.6 Å². The van der Waals surface area contributed by atoms with E-state index in [1.807, 2.05) is 18.9 Å². The molecule has 0 aromatic heterocycles. The predicted octanol–water partition coefficient (Wildman–Crippen LogP) is 2.70. The second-order valence-electron chi connectivity index (χ2n) is 3.36. The quantitative estimate of drug-likeness (QED) is 0.588. The molecule has 0 saturated carbocycles. The number of hydrogen-bond acceptors (Lipinski definition) is 3. The molecule has 0 amide bonds. The topological polar surface area (TPSA) is 46.4 Å². The minimum absolute atomic E-state index is 0.0823. The van der Waals surface area contributed by atoms with Crippen molar-refractivity contribution >= 4 is 17.3 Å². The van der Waals surface area contributed by atoms with Gasteiger partial charge in [-0.25, -0.2) is 0 Å². The zero-order chi connectivity index (χ0) is 11.4. The molecule has 0 saturated heterocycles. The van der Waals surface area contributed by atoms with E-state index < -0.39 is 4.92 Å². The van der Waals surface area contributed by atoms with Crippen LogP contribution in [-0.2, 0) is 6.54 Å². The van der Waals surface area contributed by atoms with Crippen molar-refractivity contribution in [1.82, 2.24) is 4.90 Å². The second-order valence-corrected chi connectivity index (χ2v) is 3.77. The highest BCUT2D eigenvalue weighted by Gasteiger charge is 2.10. The minimum atomic E-state index is -0.411. The lowest BCUT2D eigenvalue weighted by atomic mass is 10.2. The molecule has 4 nitrogen and oxygen atoms in total. The summed E-state index contributed by atoms with van der Waals surface area (Å²) < 4.78 is 0. The van der Waals surface area contributed by atoms with Gasteiger partial charge in [-0.3, -0.25) is 10.1 Å². The Hall–Kier alpha value is -1.13. The van der Waals surface area contributed by atoms with E-state index in [2.05, 4.69) is 0 Å². The zero-order valence-corrected chi connectivity index (χ0v) is 9.49. The molecule has 0 aliphatic rings. The van der Waals surface area contributed by atoms with Gasteiger partial charge in [0.15, 0.2) is 0 Å². The van der Waals surface area contributed by atoms with E-state index in [1.165, 1.54) is 12.1 Å². The molecule has 0 heterocycles. The number of halogens is 1. The summed E-state index contributed by atoms with van der Waals surface area (Å²) in [6, 6.07) is 4.50. The van der Waals surface area contributed by atoms with Crippen molar-refractivity contribution in [1.29, 1.82) is 0 Å². The van der Waals surface area contributed by atoms with Gasteiger partial charge in [0, 0.05) is 23.7 Å². The lowest BCUT2D eigenvalue weighted by Gasteiger charge is -2.14. The number of hydrogen-bond donors (Lipinski definition) is 0. The number of nitro groups is 1. The first kappa shape index (κ1) is 11.9. The van der Waals surface area contributed by atoms with Crippen molar-refractivity contribution in [3.63, 3.8) is 0 Å². The number of benzene rings is 1. The van der Waals surface area contributed by atoms with Crippen LogP contribution in [0.2, 0.25) is 5.02 Å². The average molecular weight is 229 g/mol. The fourth-order valence-corrected chi connectivity index (χ4v) is 1.38. The van der Waals surface area contributed by atoms with Crippen LogP contribution in [0.25, 0.3) is 0 Å². The Morgan fingerprint density at radius 1 is 1.53 bits per heavy atom. The molecular formula is C10H13ClN2O2. The highest BCUT2D eigenvalue weighted by atomic mass is 35.5. The molecule has 1 aromatic carbocycles. The van der Waals surface area contributed by atoms with Crippen molar-refractivity contribution in [2.24, 2.45) is 0 Å². The Morgan fingerprint density at radius 3 is 2.73 bits per heavy atom. The normalized spacial score (nSPS) is 10.7. The minimum Gasteiger partial charge on any atom is -0.302 e. The molecule has 0 N–H and O–H groups in total. The first-order valence-corrected chi connectivity index (χ1v) is 5.03. The van der Waals surface area contributed by atoms with Crippen molar-refractivity contribution in [3.05, 3.63) is 38.9 Å². The number of non-ortho nitro benzene ring substituents is 1. The van der Waals surface area contributed by atoms with Crippen molar-refractivity contribution in [2.45, 2.75) is 13.5 Å². The predicted molar refractivity (Wildman–Crippen MR) is 60.1 cm³/mol. The van der Waals surface area contributed by atoms with Gasteiger partial charge in [0.05, 0.1) is 4.92 Å². The van der Waals surface area contributed by atoms with E-state index in [9.17, 15) is 10.1 Å². The van der Waals surface area contributed by atoms with Gasteiger partial charge in [-0.2, -0.15) is 0 Å². The van der Waals surface area contributed by atoms with E-state index in [4.69, 9.17) is 11.6 Å². The highest BCUT2D eigenvalue weighted by molar-refractivity contribution is 6.31. The summed E-state index contributed by atoms with van der Waals surface area (Å²) >= 11 is 5.95. The maximum Gasteiger partial charge on any atom is 0.269 e. The van der Waals surface area contributed by atoms with Crippen LogP contribution in [0.3, 0.4) is 0 Å². The van der Waals surface area contributed by atoms with Crippen LogP contribution < -0.4 is 0 Å². The van der Waals surface area contributed by atoms with Gasteiger partial charge in [-0.1, -0.05) is 18.5 Å². The molecule has 0 aliphatic carbocycles. The highest BCUT2D eigenvalue weighted by Crippen LogP contribution is 2.22. The van der Waals surface area contributed by atoms with Gasteiger partial charge in [-0.15, -0.1) is 0 Å². The monoisotopic (exact) mass is 228 g/mol. The molecule has 0 fully saturated rings. The lowest BCUT2D eigenvalue weighted by Crippen LogP contribution is -2.17. The third kappa shape index (κ3) is 3.18. The van der Waals surface area contributed by atoms with Crippen LogP contribution in [-0.4, -0.2) is 23.4 Å². The smallest absolute Gasteiger partial charge is 0.269 e. The Labute approximate surface area is 93.6 Å². The SMILES string of the molecule is CCN(C)Cc1cc([N+](=O)[O-])ccc1Cl. The Balaban J connectivity index is 2.95. The van der Waals surface area contributed by atoms with E-state index >= 15 is 0 Å². The van der Waals surface area contributed by atoms with Gasteiger partial charge in [0.1, 0.15) is 0 Å². The lowest BCUT2D eigenvalue weighted by molar-refractivity contribution is -0.384. The molecule has 5 heteroatoms. The molecule has 0 bridgehead atoms. The van der Waals surface area contributed by atoms with Crippen molar-refractivity contribution < 1.29 is 4.92 Å². The zero-order valence-electron chi connectivity index (χ0n) is 8.74. The van der Waals surface area contributed by atoms with E-state index in [0.29, 0.717) is 11.6 Å². The number of nitro benzene ring substituents is 1. The summed E-state index contributed by atoms with van der Waals surface area (Å²) in [6.45, 7) is 3.52. The number of nitrogens with zero attached hydrogens (tertiary/aromatic N) is 2. The van der Waals surface area contributed by atoms with Gasteiger partial charge < -0.3 is 4.90 Å². The van der Waals surface area contributed by atoms with Gasteiger partial charge >= 0.3 is 0 Å². The average Bonchev–Trinajstić information content (AvgIpc) is 2.20.